The molecule has 2 aromatic rings. The topological polar surface area (TPSA) is 46.3 Å². The molecule has 0 radical (unpaired) electrons. The average Bonchev–Trinajstić information content (AvgIpc) is 2.72. The molecule has 2 aromatic heterocycles. The number of halogens is 1. The minimum absolute atomic E-state index is 0.00840. The SMILES string of the molecule is CCCN(CCC)C(=O)c1c(C)oc2nc(Cl)ccc12. The van der Waals surface area contributed by atoms with Crippen LogP contribution in [0, 0.1) is 6.92 Å². The van der Waals surface area contributed by atoms with E-state index in [1.165, 1.54) is 0 Å². The molecule has 0 aliphatic carbocycles. The number of hydrogen-bond donors (Lipinski definition) is 0. The molecule has 0 spiro atoms. The fraction of sp³-hybridized carbons (Fsp3) is 0.467. The Morgan fingerprint density at radius 1 is 1.30 bits per heavy atom. The van der Waals surface area contributed by atoms with E-state index in [-0.39, 0.29) is 5.91 Å². The standard InChI is InChI=1S/C15H19ClN2O2/c1-4-8-18(9-5-2)15(19)13-10(3)20-14-11(13)6-7-12(16)17-14/h6-7H,4-5,8-9H2,1-3H3. The zero-order valence-electron chi connectivity index (χ0n) is 12.1. The first-order valence-corrected chi connectivity index (χ1v) is 7.31. The van der Waals surface area contributed by atoms with Gasteiger partial charge >= 0.3 is 0 Å². The van der Waals surface area contributed by atoms with Gasteiger partial charge in [0.2, 0.25) is 5.71 Å². The van der Waals surface area contributed by atoms with Crippen LogP contribution in [0.25, 0.3) is 11.1 Å². The van der Waals surface area contributed by atoms with Crippen molar-refractivity contribution in [2.75, 3.05) is 13.1 Å². The molecule has 0 aliphatic rings. The first-order valence-electron chi connectivity index (χ1n) is 6.93. The van der Waals surface area contributed by atoms with Crippen LogP contribution in [0.1, 0.15) is 42.8 Å². The third-order valence-electron chi connectivity index (χ3n) is 3.19. The first kappa shape index (κ1) is 14.9. The van der Waals surface area contributed by atoms with E-state index in [2.05, 4.69) is 18.8 Å². The second-order valence-electron chi connectivity index (χ2n) is 4.81. The molecule has 0 bridgehead atoms. The van der Waals surface area contributed by atoms with Crippen molar-refractivity contribution in [2.45, 2.75) is 33.6 Å². The van der Waals surface area contributed by atoms with E-state index in [4.69, 9.17) is 16.0 Å². The van der Waals surface area contributed by atoms with E-state index >= 15 is 0 Å². The minimum atomic E-state index is 0.00840. The molecule has 5 heteroatoms. The summed E-state index contributed by atoms with van der Waals surface area (Å²) in [6.45, 7) is 7.42. The number of amides is 1. The number of pyridine rings is 1. The molecule has 0 unspecified atom stereocenters. The number of nitrogens with zero attached hydrogens (tertiary/aromatic N) is 2. The molecule has 2 rings (SSSR count). The van der Waals surface area contributed by atoms with Crippen molar-refractivity contribution in [1.29, 1.82) is 0 Å². The lowest BCUT2D eigenvalue weighted by Crippen LogP contribution is -2.32. The van der Waals surface area contributed by atoms with Gasteiger partial charge < -0.3 is 9.32 Å². The molecule has 108 valence electrons. The summed E-state index contributed by atoms with van der Waals surface area (Å²) in [4.78, 5) is 18.7. The van der Waals surface area contributed by atoms with Gasteiger partial charge in [-0.15, -0.1) is 0 Å². The van der Waals surface area contributed by atoms with E-state index in [1.54, 1.807) is 19.1 Å². The van der Waals surface area contributed by atoms with Crippen LogP contribution in [0.5, 0.6) is 0 Å². The number of carbonyl (C=O) groups is 1. The van der Waals surface area contributed by atoms with Crippen LogP contribution in [-0.2, 0) is 0 Å². The largest absolute Gasteiger partial charge is 0.442 e. The Hall–Kier alpha value is -1.55. The van der Waals surface area contributed by atoms with Gasteiger partial charge in [0.25, 0.3) is 5.91 Å². The fourth-order valence-electron chi connectivity index (χ4n) is 2.35. The summed E-state index contributed by atoms with van der Waals surface area (Å²) in [5.41, 5.74) is 1.03. The molecule has 4 nitrogen and oxygen atoms in total. The van der Waals surface area contributed by atoms with Crippen molar-refractivity contribution in [3.8, 4) is 0 Å². The van der Waals surface area contributed by atoms with Crippen molar-refractivity contribution in [1.82, 2.24) is 9.88 Å². The van der Waals surface area contributed by atoms with Gasteiger partial charge in [-0.05, 0) is 31.9 Å². The molecule has 1 amide bonds. The Balaban J connectivity index is 2.45. The highest BCUT2D eigenvalue weighted by atomic mass is 35.5. The van der Waals surface area contributed by atoms with Crippen molar-refractivity contribution < 1.29 is 9.21 Å². The van der Waals surface area contributed by atoms with Gasteiger partial charge in [-0.3, -0.25) is 4.79 Å². The molecule has 0 N–H and O–H groups in total. The molecule has 0 saturated carbocycles. The summed E-state index contributed by atoms with van der Waals surface area (Å²) < 4.78 is 5.56. The van der Waals surface area contributed by atoms with E-state index in [9.17, 15) is 4.79 Å². The Morgan fingerprint density at radius 3 is 2.55 bits per heavy atom. The van der Waals surface area contributed by atoms with E-state index in [1.807, 2.05) is 4.90 Å². The fourth-order valence-corrected chi connectivity index (χ4v) is 2.49. The van der Waals surface area contributed by atoms with Crippen molar-refractivity contribution in [3.63, 3.8) is 0 Å². The normalized spacial score (nSPS) is 11.0. The lowest BCUT2D eigenvalue weighted by atomic mass is 10.1. The molecule has 0 aromatic carbocycles. The number of fused-ring (bicyclic) bond motifs is 1. The summed E-state index contributed by atoms with van der Waals surface area (Å²) in [5.74, 6) is 0.603. The van der Waals surface area contributed by atoms with Gasteiger partial charge in [-0.25, -0.2) is 4.98 Å². The lowest BCUT2D eigenvalue weighted by molar-refractivity contribution is 0.0755. The molecule has 0 atom stereocenters. The summed E-state index contributed by atoms with van der Waals surface area (Å²) in [7, 11) is 0. The highest BCUT2D eigenvalue weighted by Gasteiger charge is 2.23. The second kappa shape index (κ2) is 6.27. The summed E-state index contributed by atoms with van der Waals surface area (Å²) >= 11 is 5.86. The van der Waals surface area contributed by atoms with Crippen LogP contribution in [0.3, 0.4) is 0 Å². The molecule has 2 heterocycles. The van der Waals surface area contributed by atoms with Gasteiger partial charge in [0, 0.05) is 13.1 Å². The third-order valence-corrected chi connectivity index (χ3v) is 3.40. The molecule has 0 saturated heterocycles. The Morgan fingerprint density at radius 2 is 1.95 bits per heavy atom. The Kier molecular flexibility index (Phi) is 4.65. The quantitative estimate of drug-likeness (QED) is 0.782. The van der Waals surface area contributed by atoms with Gasteiger partial charge in [0.05, 0.1) is 10.9 Å². The van der Waals surface area contributed by atoms with E-state index in [0.717, 1.165) is 31.3 Å². The van der Waals surface area contributed by atoms with Crippen LogP contribution >= 0.6 is 11.6 Å². The molecular weight excluding hydrogens is 276 g/mol. The highest BCUT2D eigenvalue weighted by molar-refractivity contribution is 6.29. The van der Waals surface area contributed by atoms with Crippen molar-refractivity contribution >= 4 is 28.6 Å². The summed E-state index contributed by atoms with van der Waals surface area (Å²) in [6.07, 6.45) is 1.87. The number of hydrogen-bond acceptors (Lipinski definition) is 3. The Bertz CT molecular complexity index is 616. The lowest BCUT2D eigenvalue weighted by Gasteiger charge is -2.21. The average molecular weight is 295 g/mol. The highest BCUT2D eigenvalue weighted by Crippen LogP contribution is 2.26. The summed E-state index contributed by atoms with van der Waals surface area (Å²) in [5, 5.41) is 1.10. The Labute approximate surface area is 123 Å². The first-order chi connectivity index (χ1) is 9.58. The van der Waals surface area contributed by atoms with Crippen molar-refractivity contribution in [2.24, 2.45) is 0 Å². The predicted octanol–water partition coefficient (Wildman–Crippen LogP) is 4.05. The van der Waals surface area contributed by atoms with Crippen LogP contribution in [-0.4, -0.2) is 28.9 Å². The van der Waals surface area contributed by atoms with Crippen LogP contribution < -0.4 is 0 Å². The van der Waals surface area contributed by atoms with Gasteiger partial charge in [-0.1, -0.05) is 25.4 Å². The number of aromatic nitrogens is 1. The van der Waals surface area contributed by atoms with Gasteiger partial charge in [0.15, 0.2) is 0 Å². The van der Waals surface area contributed by atoms with Gasteiger partial charge in [0.1, 0.15) is 10.9 Å². The molecular formula is C15H19ClN2O2. The molecule has 0 aliphatic heterocycles. The van der Waals surface area contributed by atoms with E-state index < -0.39 is 0 Å². The van der Waals surface area contributed by atoms with Crippen LogP contribution in [0.4, 0.5) is 0 Å². The van der Waals surface area contributed by atoms with Gasteiger partial charge in [-0.2, -0.15) is 0 Å². The monoisotopic (exact) mass is 294 g/mol. The zero-order valence-corrected chi connectivity index (χ0v) is 12.8. The number of carbonyl (C=O) groups excluding carboxylic acids is 1. The summed E-state index contributed by atoms with van der Waals surface area (Å²) in [6, 6.07) is 3.48. The number of aryl methyl sites for hydroxylation is 1. The molecule has 0 fully saturated rings. The maximum Gasteiger partial charge on any atom is 0.258 e. The van der Waals surface area contributed by atoms with Crippen LogP contribution in [0.15, 0.2) is 16.5 Å². The maximum absolute atomic E-state index is 12.7. The maximum atomic E-state index is 12.7. The van der Waals surface area contributed by atoms with Crippen molar-refractivity contribution in [3.05, 3.63) is 28.6 Å². The minimum Gasteiger partial charge on any atom is -0.442 e. The molecule has 20 heavy (non-hydrogen) atoms. The van der Waals surface area contributed by atoms with E-state index in [0.29, 0.717) is 22.2 Å². The smallest absolute Gasteiger partial charge is 0.258 e. The second-order valence-corrected chi connectivity index (χ2v) is 5.20. The number of rotatable bonds is 5. The third kappa shape index (κ3) is 2.80. The predicted molar refractivity (Wildman–Crippen MR) is 80.2 cm³/mol. The number of furan rings is 1. The van der Waals surface area contributed by atoms with Crippen LogP contribution in [0.2, 0.25) is 5.15 Å². The zero-order chi connectivity index (χ0) is 14.7.